The molecular formula is C28H32Cl3N3O. The Morgan fingerprint density at radius 1 is 1.03 bits per heavy atom. The van der Waals surface area contributed by atoms with E-state index in [-0.39, 0.29) is 24.2 Å². The number of carbonyl (C=O) groups is 1. The van der Waals surface area contributed by atoms with Gasteiger partial charge in [-0.3, -0.25) is 9.78 Å². The highest BCUT2D eigenvalue weighted by molar-refractivity contribution is 6.42. The predicted molar refractivity (Wildman–Crippen MR) is 147 cm³/mol. The largest absolute Gasteiger partial charge is 0.341 e. The summed E-state index contributed by atoms with van der Waals surface area (Å²) in [7, 11) is 1.87. The molecule has 0 bridgehead atoms. The van der Waals surface area contributed by atoms with E-state index in [2.05, 4.69) is 22.0 Å². The molecule has 186 valence electrons. The van der Waals surface area contributed by atoms with Crippen LogP contribution >= 0.6 is 35.6 Å². The molecule has 7 heteroatoms. The Labute approximate surface area is 224 Å². The van der Waals surface area contributed by atoms with Crippen molar-refractivity contribution < 1.29 is 4.79 Å². The zero-order chi connectivity index (χ0) is 23.9. The van der Waals surface area contributed by atoms with Gasteiger partial charge in [-0.05, 0) is 80.9 Å². The first-order chi connectivity index (χ1) is 16.5. The lowest BCUT2D eigenvalue weighted by Gasteiger charge is -2.33. The molecule has 0 saturated carbocycles. The van der Waals surface area contributed by atoms with Crippen molar-refractivity contribution in [3.05, 3.63) is 99.8 Å². The summed E-state index contributed by atoms with van der Waals surface area (Å²) < 4.78 is 0. The third-order valence-electron chi connectivity index (χ3n) is 6.76. The Morgan fingerprint density at radius 3 is 2.40 bits per heavy atom. The SMILES string of the molecule is CN(CC(CCN1CCC(c2ccccn2)CC1)c1ccc(Cl)c(Cl)c1)C(=O)c1ccccc1.Cl. The van der Waals surface area contributed by atoms with Gasteiger partial charge in [-0.2, -0.15) is 0 Å². The highest BCUT2D eigenvalue weighted by Crippen LogP contribution is 2.31. The second-order valence-corrected chi connectivity index (χ2v) is 9.90. The monoisotopic (exact) mass is 531 g/mol. The first-order valence-electron chi connectivity index (χ1n) is 11.9. The third-order valence-corrected chi connectivity index (χ3v) is 7.50. The summed E-state index contributed by atoms with van der Waals surface area (Å²) in [6.45, 7) is 3.73. The summed E-state index contributed by atoms with van der Waals surface area (Å²) in [6, 6.07) is 21.5. The second-order valence-electron chi connectivity index (χ2n) is 9.08. The molecule has 1 aromatic heterocycles. The maximum absolute atomic E-state index is 13.0. The smallest absolute Gasteiger partial charge is 0.253 e. The predicted octanol–water partition coefficient (Wildman–Crippen LogP) is 6.94. The number of carbonyl (C=O) groups excluding carboxylic acids is 1. The Hall–Kier alpha value is -2.11. The van der Waals surface area contributed by atoms with Crippen LogP contribution in [-0.4, -0.2) is 53.9 Å². The van der Waals surface area contributed by atoms with Gasteiger partial charge in [0.25, 0.3) is 5.91 Å². The van der Waals surface area contributed by atoms with Gasteiger partial charge in [0.15, 0.2) is 0 Å². The zero-order valence-corrected chi connectivity index (χ0v) is 22.3. The molecular weight excluding hydrogens is 501 g/mol. The molecule has 2 heterocycles. The van der Waals surface area contributed by atoms with E-state index in [1.807, 2.05) is 72.7 Å². The number of amides is 1. The lowest BCUT2D eigenvalue weighted by Crippen LogP contribution is -2.36. The average Bonchev–Trinajstić information content (AvgIpc) is 2.89. The van der Waals surface area contributed by atoms with Gasteiger partial charge in [0.2, 0.25) is 0 Å². The third kappa shape index (κ3) is 7.44. The fraction of sp³-hybridized carbons (Fsp3) is 0.357. The van der Waals surface area contributed by atoms with E-state index < -0.39 is 0 Å². The summed E-state index contributed by atoms with van der Waals surface area (Å²) in [4.78, 5) is 21.9. The fourth-order valence-corrected chi connectivity index (χ4v) is 5.06. The molecule has 1 aliphatic rings. The van der Waals surface area contributed by atoms with E-state index in [4.69, 9.17) is 23.2 Å². The number of piperidine rings is 1. The Balaban J connectivity index is 0.00000342. The van der Waals surface area contributed by atoms with Crippen molar-refractivity contribution >= 4 is 41.5 Å². The zero-order valence-electron chi connectivity index (χ0n) is 19.9. The molecule has 1 unspecified atom stereocenters. The van der Waals surface area contributed by atoms with E-state index in [0.717, 1.165) is 44.5 Å². The van der Waals surface area contributed by atoms with Gasteiger partial charge >= 0.3 is 0 Å². The van der Waals surface area contributed by atoms with Crippen molar-refractivity contribution in [2.45, 2.75) is 31.1 Å². The molecule has 4 nitrogen and oxygen atoms in total. The molecule has 0 radical (unpaired) electrons. The number of benzene rings is 2. The Kier molecular flexibility index (Phi) is 10.4. The van der Waals surface area contributed by atoms with Crippen LogP contribution in [0.4, 0.5) is 0 Å². The fourth-order valence-electron chi connectivity index (χ4n) is 4.75. The molecule has 3 aromatic rings. The first-order valence-corrected chi connectivity index (χ1v) is 12.7. The van der Waals surface area contributed by atoms with Crippen molar-refractivity contribution in [2.75, 3.05) is 33.2 Å². The minimum absolute atomic E-state index is 0. The maximum Gasteiger partial charge on any atom is 0.253 e. The van der Waals surface area contributed by atoms with Gasteiger partial charge < -0.3 is 9.80 Å². The Morgan fingerprint density at radius 2 is 1.74 bits per heavy atom. The van der Waals surface area contributed by atoms with Crippen molar-refractivity contribution in [3.8, 4) is 0 Å². The van der Waals surface area contributed by atoms with Gasteiger partial charge in [0, 0.05) is 42.9 Å². The second kappa shape index (κ2) is 13.3. The number of hydrogen-bond acceptors (Lipinski definition) is 3. The minimum Gasteiger partial charge on any atom is -0.341 e. The standard InChI is InChI=1S/C28H31Cl2N3O.ClH/c1-32(28(34)22-7-3-2-4-8-22)20-24(23-10-11-25(29)26(30)19-23)14-18-33-16-12-21(13-17-33)27-9-5-6-15-31-27;/h2-11,15,19,21,24H,12-14,16-18,20H2,1H3;1H. The highest BCUT2D eigenvalue weighted by Gasteiger charge is 2.24. The molecule has 1 amide bonds. The van der Waals surface area contributed by atoms with Gasteiger partial charge in [0.1, 0.15) is 0 Å². The number of rotatable bonds is 8. The van der Waals surface area contributed by atoms with Gasteiger partial charge in [-0.25, -0.2) is 0 Å². The summed E-state index contributed by atoms with van der Waals surface area (Å²) in [6.07, 6.45) is 5.08. The lowest BCUT2D eigenvalue weighted by molar-refractivity contribution is 0.0781. The van der Waals surface area contributed by atoms with Crippen LogP contribution in [0.2, 0.25) is 10.0 Å². The molecule has 1 fully saturated rings. The van der Waals surface area contributed by atoms with Crippen LogP contribution in [0.3, 0.4) is 0 Å². The van der Waals surface area contributed by atoms with E-state index in [0.29, 0.717) is 28.1 Å². The van der Waals surface area contributed by atoms with Crippen molar-refractivity contribution in [1.82, 2.24) is 14.8 Å². The number of likely N-dealkylation sites (tertiary alicyclic amines) is 1. The van der Waals surface area contributed by atoms with Crippen LogP contribution in [-0.2, 0) is 0 Å². The van der Waals surface area contributed by atoms with E-state index >= 15 is 0 Å². The van der Waals surface area contributed by atoms with Gasteiger partial charge in [-0.15, -0.1) is 12.4 Å². The van der Waals surface area contributed by atoms with Crippen LogP contribution in [0.25, 0.3) is 0 Å². The topological polar surface area (TPSA) is 36.4 Å². The maximum atomic E-state index is 13.0. The Bertz CT molecular complexity index is 1070. The van der Waals surface area contributed by atoms with E-state index in [9.17, 15) is 4.79 Å². The number of aromatic nitrogens is 1. The molecule has 1 saturated heterocycles. The molecule has 1 atom stereocenters. The number of pyridine rings is 1. The minimum atomic E-state index is 0. The summed E-state index contributed by atoms with van der Waals surface area (Å²) in [5, 5.41) is 1.10. The number of halogens is 3. The van der Waals surface area contributed by atoms with Crippen LogP contribution in [0, 0.1) is 0 Å². The first kappa shape index (κ1) is 27.5. The van der Waals surface area contributed by atoms with Crippen LogP contribution in [0.5, 0.6) is 0 Å². The van der Waals surface area contributed by atoms with Crippen molar-refractivity contribution in [1.29, 1.82) is 0 Å². The quantitative estimate of drug-likeness (QED) is 0.315. The van der Waals surface area contributed by atoms with Gasteiger partial charge in [-0.1, -0.05) is 53.5 Å². The average molecular weight is 533 g/mol. The molecule has 2 aromatic carbocycles. The normalized spacial score (nSPS) is 15.3. The summed E-state index contributed by atoms with van der Waals surface area (Å²) in [5.74, 6) is 0.737. The number of hydrogen-bond donors (Lipinski definition) is 0. The van der Waals surface area contributed by atoms with E-state index in [1.54, 1.807) is 0 Å². The van der Waals surface area contributed by atoms with Crippen molar-refractivity contribution in [3.63, 3.8) is 0 Å². The van der Waals surface area contributed by atoms with Crippen LogP contribution < -0.4 is 0 Å². The van der Waals surface area contributed by atoms with E-state index in [1.165, 1.54) is 5.69 Å². The highest BCUT2D eigenvalue weighted by atomic mass is 35.5. The molecule has 0 aliphatic carbocycles. The number of nitrogens with zero attached hydrogens (tertiary/aromatic N) is 3. The lowest BCUT2D eigenvalue weighted by atomic mass is 9.91. The molecule has 1 aliphatic heterocycles. The van der Waals surface area contributed by atoms with Crippen molar-refractivity contribution in [2.24, 2.45) is 0 Å². The molecule has 4 rings (SSSR count). The summed E-state index contributed by atoms with van der Waals surface area (Å²) in [5.41, 5.74) is 3.02. The van der Waals surface area contributed by atoms with Crippen LogP contribution in [0.15, 0.2) is 72.9 Å². The molecule has 0 spiro atoms. The van der Waals surface area contributed by atoms with Crippen LogP contribution in [0.1, 0.15) is 52.7 Å². The summed E-state index contributed by atoms with van der Waals surface area (Å²) >= 11 is 12.5. The number of likely N-dealkylation sites (N-methyl/N-ethyl adjacent to an activating group) is 1. The molecule has 35 heavy (non-hydrogen) atoms. The molecule has 0 N–H and O–H groups in total. The van der Waals surface area contributed by atoms with Gasteiger partial charge in [0.05, 0.1) is 10.0 Å².